The van der Waals surface area contributed by atoms with Gasteiger partial charge in [0.05, 0.1) is 24.9 Å². The smallest absolute Gasteiger partial charge is 0.236 e. The van der Waals surface area contributed by atoms with E-state index >= 15 is 0 Å². The highest BCUT2D eigenvalue weighted by Crippen LogP contribution is 2.29. The molecule has 0 aliphatic carbocycles. The van der Waals surface area contributed by atoms with Gasteiger partial charge in [-0.2, -0.15) is 5.10 Å². The third-order valence-corrected chi connectivity index (χ3v) is 4.65. The lowest BCUT2D eigenvalue weighted by Crippen LogP contribution is -2.53. The van der Waals surface area contributed by atoms with Gasteiger partial charge in [0.2, 0.25) is 5.91 Å². The zero-order valence-electron chi connectivity index (χ0n) is 14.7. The highest BCUT2D eigenvalue weighted by Gasteiger charge is 2.33. The molecular weight excluding hydrogens is 292 g/mol. The largest absolute Gasteiger partial charge is 0.372 e. The van der Waals surface area contributed by atoms with Crippen molar-refractivity contribution >= 4 is 5.91 Å². The standard InChI is InChI=1S/C17H28N4O2/c1-16(2)7-14-13(8-18-19-14)9-20(11-16)10-15(22)21-5-6-23-17(3,4)12-21/h8H,5-7,9-12H2,1-4H3,(H,18,19). The van der Waals surface area contributed by atoms with E-state index in [1.807, 2.05) is 24.9 Å². The molecule has 0 aromatic carbocycles. The molecule has 1 fully saturated rings. The average molecular weight is 320 g/mol. The first kappa shape index (κ1) is 16.5. The third kappa shape index (κ3) is 3.93. The first-order valence-electron chi connectivity index (χ1n) is 8.39. The average Bonchev–Trinajstić information content (AvgIpc) is 2.78. The van der Waals surface area contributed by atoms with E-state index in [0.717, 1.165) is 19.5 Å². The van der Waals surface area contributed by atoms with E-state index in [1.54, 1.807) is 0 Å². The summed E-state index contributed by atoms with van der Waals surface area (Å²) in [6.07, 6.45) is 2.86. The van der Waals surface area contributed by atoms with Crippen LogP contribution in [0, 0.1) is 5.41 Å². The molecule has 0 atom stereocenters. The van der Waals surface area contributed by atoms with Gasteiger partial charge in [0.1, 0.15) is 0 Å². The number of hydrogen-bond donors (Lipinski definition) is 1. The van der Waals surface area contributed by atoms with Crippen molar-refractivity contribution in [3.8, 4) is 0 Å². The molecule has 1 aromatic heterocycles. The van der Waals surface area contributed by atoms with E-state index in [4.69, 9.17) is 4.74 Å². The van der Waals surface area contributed by atoms with Crippen molar-refractivity contribution in [1.29, 1.82) is 0 Å². The van der Waals surface area contributed by atoms with Crippen LogP contribution >= 0.6 is 0 Å². The Morgan fingerprint density at radius 3 is 2.87 bits per heavy atom. The summed E-state index contributed by atoms with van der Waals surface area (Å²) >= 11 is 0. The Hall–Kier alpha value is -1.40. The number of ether oxygens (including phenoxy) is 1. The molecule has 3 rings (SSSR count). The van der Waals surface area contributed by atoms with E-state index in [1.165, 1.54) is 11.3 Å². The second-order valence-electron chi connectivity index (χ2n) is 8.28. The second-order valence-corrected chi connectivity index (χ2v) is 8.28. The summed E-state index contributed by atoms with van der Waals surface area (Å²) < 4.78 is 5.70. The molecule has 2 aliphatic heterocycles. The maximum absolute atomic E-state index is 12.7. The Balaban J connectivity index is 1.68. The second kappa shape index (κ2) is 5.91. The van der Waals surface area contributed by atoms with Gasteiger partial charge in [-0.25, -0.2) is 0 Å². The molecule has 0 saturated carbocycles. The molecule has 2 aliphatic rings. The topological polar surface area (TPSA) is 61.5 Å². The van der Waals surface area contributed by atoms with E-state index in [-0.39, 0.29) is 16.9 Å². The number of aromatic amines is 1. The number of carbonyl (C=O) groups excluding carboxylic acids is 1. The van der Waals surface area contributed by atoms with E-state index in [0.29, 0.717) is 26.2 Å². The molecule has 1 aromatic rings. The lowest BCUT2D eigenvalue weighted by molar-refractivity contribution is -0.147. The number of fused-ring (bicyclic) bond motifs is 1. The molecule has 6 nitrogen and oxygen atoms in total. The van der Waals surface area contributed by atoms with Crippen molar-refractivity contribution in [2.45, 2.75) is 46.3 Å². The molecule has 23 heavy (non-hydrogen) atoms. The van der Waals surface area contributed by atoms with Crippen LogP contribution < -0.4 is 0 Å². The molecule has 0 bridgehead atoms. The molecule has 3 heterocycles. The summed E-state index contributed by atoms with van der Waals surface area (Å²) in [6, 6.07) is 0. The maximum Gasteiger partial charge on any atom is 0.236 e. The van der Waals surface area contributed by atoms with Crippen LogP contribution in [0.15, 0.2) is 6.20 Å². The Kier molecular flexibility index (Phi) is 4.23. The predicted octanol–water partition coefficient (Wildman–Crippen LogP) is 1.43. The number of rotatable bonds is 2. The summed E-state index contributed by atoms with van der Waals surface area (Å²) in [5.74, 6) is 0.198. The van der Waals surface area contributed by atoms with Crippen molar-refractivity contribution < 1.29 is 9.53 Å². The van der Waals surface area contributed by atoms with Crippen LogP contribution in [0.1, 0.15) is 39.0 Å². The Morgan fingerprint density at radius 2 is 2.13 bits per heavy atom. The molecular formula is C17H28N4O2. The highest BCUT2D eigenvalue weighted by atomic mass is 16.5. The van der Waals surface area contributed by atoms with Crippen LogP contribution in [-0.4, -0.2) is 64.3 Å². The number of morpholine rings is 1. The van der Waals surface area contributed by atoms with Gasteiger partial charge in [-0.15, -0.1) is 0 Å². The normalized spacial score (nSPS) is 24.1. The number of amides is 1. The minimum atomic E-state index is -0.246. The van der Waals surface area contributed by atoms with Crippen LogP contribution in [0.3, 0.4) is 0 Å². The van der Waals surface area contributed by atoms with Gasteiger partial charge in [-0.1, -0.05) is 13.8 Å². The fraction of sp³-hybridized carbons (Fsp3) is 0.765. The number of hydrogen-bond acceptors (Lipinski definition) is 4. The van der Waals surface area contributed by atoms with Gasteiger partial charge >= 0.3 is 0 Å². The molecule has 1 amide bonds. The number of nitrogens with zero attached hydrogens (tertiary/aromatic N) is 3. The molecule has 1 saturated heterocycles. The molecule has 0 radical (unpaired) electrons. The van der Waals surface area contributed by atoms with Crippen LogP contribution in [0.4, 0.5) is 0 Å². The molecule has 128 valence electrons. The minimum absolute atomic E-state index is 0.127. The molecule has 6 heteroatoms. The van der Waals surface area contributed by atoms with Gasteiger partial charge in [-0.3, -0.25) is 14.8 Å². The fourth-order valence-corrected chi connectivity index (χ4v) is 3.70. The van der Waals surface area contributed by atoms with E-state index in [9.17, 15) is 4.79 Å². The summed E-state index contributed by atoms with van der Waals surface area (Å²) in [6.45, 7) is 12.7. The van der Waals surface area contributed by atoms with Gasteiger partial charge < -0.3 is 9.64 Å². The lowest BCUT2D eigenvalue weighted by atomic mass is 9.88. The number of nitrogens with one attached hydrogen (secondary N) is 1. The van der Waals surface area contributed by atoms with Crippen LogP contribution in [0.2, 0.25) is 0 Å². The summed E-state index contributed by atoms with van der Waals surface area (Å²) in [4.78, 5) is 16.9. The summed E-state index contributed by atoms with van der Waals surface area (Å²) in [5.41, 5.74) is 2.30. The molecule has 1 N–H and O–H groups in total. The Bertz CT molecular complexity index is 579. The number of aromatic nitrogens is 2. The monoisotopic (exact) mass is 320 g/mol. The highest BCUT2D eigenvalue weighted by molar-refractivity contribution is 5.78. The van der Waals surface area contributed by atoms with E-state index in [2.05, 4.69) is 28.9 Å². The Labute approximate surface area is 138 Å². The predicted molar refractivity (Wildman–Crippen MR) is 88.0 cm³/mol. The first-order chi connectivity index (χ1) is 10.7. The van der Waals surface area contributed by atoms with Gasteiger partial charge in [0.25, 0.3) is 0 Å². The number of H-pyrrole nitrogens is 1. The quantitative estimate of drug-likeness (QED) is 0.895. The van der Waals surface area contributed by atoms with Crippen LogP contribution in [0.5, 0.6) is 0 Å². The summed E-state index contributed by atoms with van der Waals surface area (Å²) in [5, 5.41) is 7.28. The van der Waals surface area contributed by atoms with Crippen molar-refractivity contribution in [3.05, 3.63) is 17.5 Å². The van der Waals surface area contributed by atoms with Crippen molar-refractivity contribution in [2.24, 2.45) is 5.41 Å². The Morgan fingerprint density at radius 1 is 1.35 bits per heavy atom. The lowest BCUT2D eigenvalue weighted by Gasteiger charge is -2.39. The summed E-state index contributed by atoms with van der Waals surface area (Å²) in [7, 11) is 0. The molecule has 0 unspecified atom stereocenters. The third-order valence-electron chi connectivity index (χ3n) is 4.65. The van der Waals surface area contributed by atoms with Crippen LogP contribution in [0.25, 0.3) is 0 Å². The first-order valence-corrected chi connectivity index (χ1v) is 8.39. The zero-order chi connectivity index (χ0) is 16.7. The van der Waals surface area contributed by atoms with Gasteiger partial charge in [0.15, 0.2) is 0 Å². The molecule has 0 spiro atoms. The van der Waals surface area contributed by atoms with Crippen molar-refractivity contribution in [1.82, 2.24) is 20.0 Å². The maximum atomic E-state index is 12.7. The van der Waals surface area contributed by atoms with Gasteiger partial charge in [0, 0.05) is 37.4 Å². The number of carbonyl (C=O) groups is 1. The SMILES string of the molecule is CC1(C)Cc2[nH]ncc2CN(CC(=O)N2CCOC(C)(C)C2)C1. The zero-order valence-corrected chi connectivity index (χ0v) is 14.7. The minimum Gasteiger partial charge on any atom is -0.372 e. The fourth-order valence-electron chi connectivity index (χ4n) is 3.70. The van der Waals surface area contributed by atoms with Crippen molar-refractivity contribution in [3.63, 3.8) is 0 Å². The van der Waals surface area contributed by atoms with E-state index < -0.39 is 0 Å². The van der Waals surface area contributed by atoms with Crippen molar-refractivity contribution in [2.75, 3.05) is 32.8 Å². The van der Waals surface area contributed by atoms with Crippen LogP contribution in [-0.2, 0) is 22.5 Å². The van der Waals surface area contributed by atoms with Gasteiger partial charge in [-0.05, 0) is 25.7 Å².